The number of hydrogen-bond donors (Lipinski definition) is 0. The zero-order valence-electron chi connectivity index (χ0n) is 12.6. The van der Waals surface area contributed by atoms with Crippen LogP contribution in [-0.4, -0.2) is 36.3 Å². The van der Waals surface area contributed by atoms with Gasteiger partial charge in [0.25, 0.3) is 5.91 Å². The van der Waals surface area contributed by atoms with E-state index in [0.717, 1.165) is 50.1 Å². The minimum absolute atomic E-state index is 0.0492. The van der Waals surface area contributed by atoms with Crippen molar-refractivity contribution in [2.75, 3.05) is 24.5 Å². The molecule has 21 heavy (non-hydrogen) atoms. The number of carbonyl (C=O) groups excluding carboxylic acids is 2. The number of anilines is 1. The van der Waals surface area contributed by atoms with Gasteiger partial charge >= 0.3 is 0 Å². The summed E-state index contributed by atoms with van der Waals surface area (Å²) >= 11 is 0. The first-order chi connectivity index (χ1) is 10.2. The van der Waals surface area contributed by atoms with E-state index in [0.29, 0.717) is 5.56 Å². The lowest BCUT2D eigenvalue weighted by atomic mass is 10.1. The number of likely N-dealkylation sites (tertiary alicyclic amines) is 1. The number of amides is 2. The van der Waals surface area contributed by atoms with Gasteiger partial charge in [0.05, 0.1) is 0 Å². The molecule has 112 valence electrons. The summed E-state index contributed by atoms with van der Waals surface area (Å²) in [5.74, 6) is 0.156. The maximum absolute atomic E-state index is 12.7. The fourth-order valence-electron chi connectivity index (χ4n) is 3.30. The number of nitrogens with zero attached hydrogens (tertiary/aromatic N) is 2. The summed E-state index contributed by atoms with van der Waals surface area (Å²) < 4.78 is 0. The number of rotatable bonds is 1. The monoisotopic (exact) mass is 286 g/mol. The van der Waals surface area contributed by atoms with Crippen LogP contribution in [-0.2, 0) is 11.2 Å². The molecule has 1 fully saturated rings. The van der Waals surface area contributed by atoms with Gasteiger partial charge in [-0.2, -0.15) is 0 Å². The van der Waals surface area contributed by atoms with Crippen LogP contribution in [0.4, 0.5) is 5.69 Å². The third-order valence-electron chi connectivity index (χ3n) is 4.50. The van der Waals surface area contributed by atoms with Crippen molar-refractivity contribution in [2.45, 2.75) is 39.0 Å². The highest BCUT2D eigenvalue weighted by Gasteiger charge is 2.25. The van der Waals surface area contributed by atoms with Crippen LogP contribution in [0.1, 0.15) is 48.5 Å². The topological polar surface area (TPSA) is 40.6 Å². The quantitative estimate of drug-likeness (QED) is 0.796. The van der Waals surface area contributed by atoms with E-state index in [-0.39, 0.29) is 11.8 Å². The third kappa shape index (κ3) is 2.80. The molecule has 4 nitrogen and oxygen atoms in total. The van der Waals surface area contributed by atoms with Crippen LogP contribution in [0.2, 0.25) is 0 Å². The van der Waals surface area contributed by atoms with Crippen molar-refractivity contribution < 1.29 is 9.59 Å². The molecule has 2 aliphatic rings. The van der Waals surface area contributed by atoms with Crippen molar-refractivity contribution in [1.29, 1.82) is 0 Å². The van der Waals surface area contributed by atoms with Gasteiger partial charge < -0.3 is 9.80 Å². The SMILES string of the molecule is CC(=O)N1CCc2ccc(C(=O)N3CCCCCC3)cc21. The van der Waals surface area contributed by atoms with Crippen molar-refractivity contribution in [2.24, 2.45) is 0 Å². The molecule has 1 saturated heterocycles. The molecule has 0 atom stereocenters. The summed E-state index contributed by atoms with van der Waals surface area (Å²) in [7, 11) is 0. The van der Waals surface area contributed by atoms with Crippen molar-refractivity contribution >= 4 is 17.5 Å². The third-order valence-corrected chi connectivity index (χ3v) is 4.50. The van der Waals surface area contributed by atoms with Crippen molar-refractivity contribution in [3.63, 3.8) is 0 Å². The second kappa shape index (κ2) is 5.88. The van der Waals surface area contributed by atoms with E-state index in [4.69, 9.17) is 0 Å². The lowest BCUT2D eigenvalue weighted by Gasteiger charge is -2.21. The predicted molar refractivity (Wildman–Crippen MR) is 82.5 cm³/mol. The van der Waals surface area contributed by atoms with Crippen LogP contribution in [0.25, 0.3) is 0 Å². The zero-order valence-corrected chi connectivity index (χ0v) is 12.6. The standard InChI is InChI=1S/C17H22N2O2/c1-13(20)19-11-8-14-6-7-15(12-16(14)19)17(21)18-9-4-2-3-5-10-18/h6-7,12H,2-5,8-11H2,1H3. The second-order valence-corrected chi connectivity index (χ2v) is 5.97. The Labute approximate surface area is 125 Å². The first-order valence-corrected chi connectivity index (χ1v) is 7.87. The molecule has 2 amide bonds. The van der Waals surface area contributed by atoms with Crippen LogP contribution in [0.3, 0.4) is 0 Å². The molecule has 0 unspecified atom stereocenters. The highest BCUT2D eigenvalue weighted by Crippen LogP contribution is 2.29. The Morgan fingerprint density at radius 1 is 1.00 bits per heavy atom. The Hall–Kier alpha value is -1.84. The minimum atomic E-state index is 0.0492. The van der Waals surface area contributed by atoms with Crippen LogP contribution >= 0.6 is 0 Å². The first-order valence-electron chi connectivity index (χ1n) is 7.87. The zero-order chi connectivity index (χ0) is 14.8. The molecule has 0 radical (unpaired) electrons. The number of fused-ring (bicyclic) bond motifs is 1. The van der Waals surface area contributed by atoms with E-state index in [1.54, 1.807) is 11.8 Å². The second-order valence-electron chi connectivity index (χ2n) is 5.97. The molecule has 4 heteroatoms. The largest absolute Gasteiger partial charge is 0.339 e. The van der Waals surface area contributed by atoms with Crippen molar-refractivity contribution in [1.82, 2.24) is 4.90 Å². The number of carbonyl (C=O) groups is 2. The van der Waals surface area contributed by atoms with Crippen molar-refractivity contribution in [3.05, 3.63) is 29.3 Å². The summed E-state index contributed by atoms with van der Waals surface area (Å²) in [5, 5.41) is 0. The van der Waals surface area contributed by atoms with E-state index < -0.39 is 0 Å². The minimum Gasteiger partial charge on any atom is -0.339 e. The lowest BCUT2D eigenvalue weighted by molar-refractivity contribution is -0.116. The Bertz CT molecular complexity index is 560. The summed E-state index contributed by atoms with van der Waals surface area (Å²) in [6, 6.07) is 5.82. The molecule has 0 spiro atoms. The first kappa shape index (κ1) is 14.1. The van der Waals surface area contributed by atoms with Gasteiger partial charge in [0.2, 0.25) is 5.91 Å². The van der Waals surface area contributed by atoms with Gasteiger partial charge in [-0.3, -0.25) is 9.59 Å². The lowest BCUT2D eigenvalue weighted by Crippen LogP contribution is -2.32. The Morgan fingerprint density at radius 2 is 1.71 bits per heavy atom. The van der Waals surface area contributed by atoms with Gasteiger partial charge in [0, 0.05) is 37.8 Å². The van der Waals surface area contributed by atoms with Gasteiger partial charge in [0.15, 0.2) is 0 Å². The molecule has 3 rings (SSSR count). The molecule has 0 aliphatic carbocycles. The van der Waals surface area contributed by atoms with Gasteiger partial charge in [-0.05, 0) is 37.0 Å². The van der Waals surface area contributed by atoms with E-state index in [1.807, 2.05) is 23.1 Å². The van der Waals surface area contributed by atoms with Gasteiger partial charge in [-0.25, -0.2) is 0 Å². The summed E-state index contributed by atoms with van der Waals surface area (Å²) in [4.78, 5) is 28.1. The van der Waals surface area contributed by atoms with E-state index in [2.05, 4.69) is 0 Å². The molecule has 1 aromatic carbocycles. The maximum Gasteiger partial charge on any atom is 0.253 e. The Morgan fingerprint density at radius 3 is 2.38 bits per heavy atom. The molecule has 0 saturated carbocycles. The molecule has 0 bridgehead atoms. The van der Waals surface area contributed by atoms with Gasteiger partial charge in [-0.15, -0.1) is 0 Å². The molecular formula is C17H22N2O2. The fourth-order valence-corrected chi connectivity index (χ4v) is 3.30. The normalized spacial score (nSPS) is 18.3. The average Bonchev–Trinajstić information content (AvgIpc) is 2.72. The predicted octanol–water partition coefficient (Wildman–Crippen LogP) is 2.61. The molecule has 0 aromatic heterocycles. The summed E-state index contributed by atoms with van der Waals surface area (Å²) in [6.45, 7) is 4.02. The molecule has 1 aromatic rings. The van der Waals surface area contributed by atoms with Crippen LogP contribution in [0, 0.1) is 0 Å². The van der Waals surface area contributed by atoms with Crippen LogP contribution in [0.5, 0.6) is 0 Å². The maximum atomic E-state index is 12.7. The number of hydrogen-bond acceptors (Lipinski definition) is 2. The number of benzene rings is 1. The highest BCUT2D eigenvalue weighted by molar-refractivity contribution is 5.99. The Kier molecular flexibility index (Phi) is 3.95. The molecular weight excluding hydrogens is 264 g/mol. The van der Waals surface area contributed by atoms with E-state index in [9.17, 15) is 9.59 Å². The van der Waals surface area contributed by atoms with Crippen molar-refractivity contribution in [3.8, 4) is 0 Å². The summed E-state index contributed by atoms with van der Waals surface area (Å²) in [6.07, 6.45) is 5.50. The fraction of sp³-hybridized carbons (Fsp3) is 0.529. The molecule has 0 N–H and O–H groups in total. The highest BCUT2D eigenvalue weighted by atomic mass is 16.2. The van der Waals surface area contributed by atoms with Gasteiger partial charge in [0.1, 0.15) is 0 Å². The van der Waals surface area contributed by atoms with E-state index >= 15 is 0 Å². The Balaban J connectivity index is 1.84. The van der Waals surface area contributed by atoms with Crippen LogP contribution < -0.4 is 4.90 Å². The smallest absolute Gasteiger partial charge is 0.253 e. The summed E-state index contributed by atoms with van der Waals surface area (Å²) in [5.41, 5.74) is 2.80. The average molecular weight is 286 g/mol. The molecule has 2 aliphatic heterocycles. The molecule has 2 heterocycles. The van der Waals surface area contributed by atoms with Gasteiger partial charge in [-0.1, -0.05) is 18.9 Å². The van der Waals surface area contributed by atoms with E-state index in [1.165, 1.54) is 12.8 Å². The van der Waals surface area contributed by atoms with Crippen LogP contribution in [0.15, 0.2) is 18.2 Å².